The van der Waals surface area contributed by atoms with E-state index in [4.69, 9.17) is 9.47 Å². The molecule has 4 nitrogen and oxygen atoms in total. The predicted octanol–water partition coefficient (Wildman–Crippen LogP) is 0.357. The smallest absolute Gasteiger partial charge is 0.0589 e. The fourth-order valence-corrected chi connectivity index (χ4v) is 1.33. The molecule has 0 aliphatic heterocycles. The average molecular weight is 216 g/mol. The quantitative estimate of drug-likeness (QED) is 0.535. The summed E-state index contributed by atoms with van der Waals surface area (Å²) in [6.45, 7) is 9.10. The zero-order chi connectivity index (χ0) is 11.5. The van der Waals surface area contributed by atoms with Crippen molar-refractivity contribution in [3.8, 4) is 0 Å². The Bertz CT molecular complexity index is 155. The average Bonchev–Trinajstić information content (AvgIpc) is 2.22. The Morgan fingerprint density at radius 2 is 1.73 bits per heavy atom. The lowest BCUT2D eigenvalue weighted by Crippen LogP contribution is -2.33. The number of likely N-dealkylation sites (N-methyl/N-ethyl adjacent to an activating group) is 1. The number of hydrogen-bond acceptors (Lipinski definition) is 4. The van der Waals surface area contributed by atoms with Crippen molar-refractivity contribution in [2.45, 2.75) is 0 Å². The number of hydrogen-bond donors (Lipinski definition) is 1. The molecule has 0 aliphatic carbocycles. The molecule has 0 spiro atoms. The molecular formula is C11H24N2O2. The summed E-state index contributed by atoms with van der Waals surface area (Å²) in [6, 6.07) is 0. The van der Waals surface area contributed by atoms with E-state index in [-0.39, 0.29) is 0 Å². The van der Waals surface area contributed by atoms with Crippen LogP contribution in [-0.2, 0) is 9.47 Å². The molecular weight excluding hydrogens is 192 g/mol. The third-order valence-electron chi connectivity index (χ3n) is 2.10. The van der Waals surface area contributed by atoms with Crippen molar-refractivity contribution in [3.63, 3.8) is 0 Å². The number of nitrogens with one attached hydrogen (secondary N) is 1. The monoisotopic (exact) mass is 216 g/mol. The van der Waals surface area contributed by atoms with E-state index in [9.17, 15) is 0 Å². The molecule has 0 atom stereocenters. The van der Waals surface area contributed by atoms with Gasteiger partial charge < -0.3 is 14.8 Å². The summed E-state index contributed by atoms with van der Waals surface area (Å²) in [6.07, 6.45) is 0. The van der Waals surface area contributed by atoms with Crippen LogP contribution in [0.1, 0.15) is 0 Å². The zero-order valence-corrected chi connectivity index (χ0v) is 10.2. The van der Waals surface area contributed by atoms with E-state index in [1.807, 2.05) is 7.05 Å². The third kappa shape index (κ3) is 8.57. The van der Waals surface area contributed by atoms with Crippen LogP contribution in [0.2, 0.25) is 0 Å². The number of ether oxygens (including phenoxy) is 2. The molecule has 0 unspecified atom stereocenters. The van der Waals surface area contributed by atoms with Gasteiger partial charge in [-0.15, -0.1) is 0 Å². The van der Waals surface area contributed by atoms with Gasteiger partial charge in [0.25, 0.3) is 0 Å². The lowest BCUT2D eigenvalue weighted by atomic mass is 10.2. The molecule has 0 bridgehead atoms. The van der Waals surface area contributed by atoms with Gasteiger partial charge in [0, 0.05) is 40.4 Å². The van der Waals surface area contributed by atoms with Gasteiger partial charge in [-0.1, -0.05) is 6.58 Å². The first kappa shape index (κ1) is 14.6. The van der Waals surface area contributed by atoms with Crippen LogP contribution in [0.4, 0.5) is 0 Å². The Balaban J connectivity index is 3.82. The minimum absolute atomic E-state index is 0.747. The fourth-order valence-electron chi connectivity index (χ4n) is 1.33. The van der Waals surface area contributed by atoms with Crippen molar-refractivity contribution in [2.24, 2.45) is 0 Å². The SMILES string of the molecule is C=C(CNC)CN(CCOC)CCOC. The van der Waals surface area contributed by atoms with E-state index in [2.05, 4.69) is 16.8 Å². The molecule has 0 aromatic rings. The topological polar surface area (TPSA) is 33.7 Å². The molecule has 0 aromatic heterocycles. The minimum Gasteiger partial charge on any atom is -0.383 e. The second kappa shape index (κ2) is 10.1. The van der Waals surface area contributed by atoms with Gasteiger partial charge in [0.2, 0.25) is 0 Å². The molecule has 0 radical (unpaired) electrons. The highest BCUT2D eigenvalue weighted by atomic mass is 16.5. The predicted molar refractivity (Wildman–Crippen MR) is 63.3 cm³/mol. The summed E-state index contributed by atoms with van der Waals surface area (Å²) in [7, 11) is 5.37. The van der Waals surface area contributed by atoms with Gasteiger partial charge >= 0.3 is 0 Å². The first-order chi connectivity index (χ1) is 7.24. The van der Waals surface area contributed by atoms with Gasteiger partial charge in [-0.05, 0) is 12.6 Å². The molecule has 1 N–H and O–H groups in total. The molecule has 0 heterocycles. The van der Waals surface area contributed by atoms with Crippen LogP contribution >= 0.6 is 0 Å². The van der Waals surface area contributed by atoms with E-state index in [1.54, 1.807) is 14.2 Å². The van der Waals surface area contributed by atoms with Crippen LogP contribution in [-0.4, -0.2) is 65.6 Å². The molecule has 0 aliphatic rings. The van der Waals surface area contributed by atoms with Gasteiger partial charge in [0.05, 0.1) is 13.2 Å². The summed E-state index contributed by atoms with van der Waals surface area (Å²) in [4.78, 5) is 2.28. The van der Waals surface area contributed by atoms with Gasteiger partial charge in [0.1, 0.15) is 0 Å². The van der Waals surface area contributed by atoms with Crippen molar-refractivity contribution in [2.75, 3.05) is 60.7 Å². The maximum absolute atomic E-state index is 5.07. The molecule has 4 heteroatoms. The molecule has 0 aromatic carbocycles. The molecule has 0 saturated heterocycles. The second-order valence-electron chi connectivity index (χ2n) is 3.54. The fraction of sp³-hybridized carbons (Fsp3) is 0.818. The molecule has 90 valence electrons. The molecule has 0 rings (SSSR count). The number of rotatable bonds is 10. The minimum atomic E-state index is 0.747. The highest BCUT2D eigenvalue weighted by Gasteiger charge is 2.05. The van der Waals surface area contributed by atoms with Crippen molar-refractivity contribution in [3.05, 3.63) is 12.2 Å². The van der Waals surface area contributed by atoms with Gasteiger partial charge in [0.15, 0.2) is 0 Å². The summed E-state index contributed by atoms with van der Waals surface area (Å²) < 4.78 is 10.1. The first-order valence-electron chi connectivity index (χ1n) is 5.26. The van der Waals surface area contributed by atoms with Crippen molar-refractivity contribution in [1.82, 2.24) is 10.2 Å². The number of methoxy groups -OCH3 is 2. The highest BCUT2D eigenvalue weighted by molar-refractivity contribution is 4.99. The Morgan fingerprint density at radius 1 is 1.20 bits per heavy atom. The van der Waals surface area contributed by atoms with Crippen LogP contribution in [0.5, 0.6) is 0 Å². The van der Waals surface area contributed by atoms with E-state index < -0.39 is 0 Å². The van der Waals surface area contributed by atoms with E-state index in [0.717, 1.165) is 39.4 Å². The standard InChI is InChI=1S/C11H24N2O2/c1-11(9-12-2)10-13(5-7-14-3)6-8-15-4/h12H,1,5-10H2,2-4H3. The van der Waals surface area contributed by atoms with E-state index >= 15 is 0 Å². The van der Waals surface area contributed by atoms with Crippen LogP contribution in [0, 0.1) is 0 Å². The summed E-state index contributed by atoms with van der Waals surface area (Å²) in [5.74, 6) is 0. The van der Waals surface area contributed by atoms with Crippen molar-refractivity contribution < 1.29 is 9.47 Å². The Morgan fingerprint density at radius 3 is 2.13 bits per heavy atom. The lowest BCUT2D eigenvalue weighted by molar-refractivity contribution is 0.119. The summed E-state index contributed by atoms with van der Waals surface area (Å²) >= 11 is 0. The van der Waals surface area contributed by atoms with Crippen molar-refractivity contribution >= 4 is 0 Å². The lowest BCUT2D eigenvalue weighted by Gasteiger charge is -2.22. The Labute approximate surface area is 93.2 Å². The zero-order valence-electron chi connectivity index (χ0n) is 10.2. The van der Waals surface area contributed by atoms with Gasteiger partial charge in [-0.2, -0.15) is 0 Å². The van der Waals surface area contributed by atoms with Crippen LogP contribution in [0.25, 0.3) is 0 Å². The molecule has 15 heavy (non-hydrogen) atoms. The maximum Gasteiger partial charge on any atom is 0.0589 e. The molecule has 0 saturated carbocycles. The van der Waals surface area contributed by atoms with Crippen LogP contribution in [0.15, 0.2) is 12.2 Å². The third-order valence-corrected chi connectivity index (χ3v) is 2.10. The highest BCUT2D eigenvalue weighted by Crippen LogP contribution is 1.96. The van der Waals surface area contributed by atoms with E-state index in [1.165, 1.54) is 5.57 Å². The summed E-state index contributed by atoms with van der Waals surface area (Å²) in [5.41, 5.74) is 1.18. The van der Waals surface area contributed by atoms with Gasteiger partial charge in [-0.25, -0.2) is 0 Å². The second-order valence-corrected chi connectivity index (χ2v) is 3.54. The molecule has 0 fully saturated rings. The van der Waals surface area contributed by atoms with Gasteiger partial charge in [-0.3, -0.25) is 4.90 Å². The van der Waals surface area contributed by atoms with E-state index in [0.29, 0.717) is 0 Å². The number of nitrogens with zero attached hydrogens (tertiary/aromatic N) is 1. The Kier molecular flexibility index (Phi) is 9.83. The summed E-state index contributed by atoms with van der Waals surface area (Å²) in [5, 5.41) is 3.10. The molecule has 0 amide bonds. The largest absolute Gasteiger partial charge is 0.383 e. The maximum atomic E-state index is 5.07. The van der Waals surface area contributed by atoms with Crippen LogP contribution in [0.3, 0.4) is 0 Å². The first-order valence-corrected chi connectivity index (χ1v) is 5.26. The van der Waals surface area contributed by atoms with Crippen LogP contribution < -0.4 is 5.32 Å². The normalized spacial score (nSPS) is 10.9. The Hall–Kier alpha value is -0.420. The van der Waals surface area contributed by atoms with Crippen molar-refractivity contribution in [1.29, 1.82) is 0 Å².